The van der Waals surface area contributed by atoms with Crippen LogP contribution in [0.2, 0.25) is 0 Å². The molecule has 0 amide bonds. The van der Waals surface area contributed by atoms with Gasteiger partial charge in [-0.25, -0.2) is 4.79 Å². The van der Waals surface area contributed by atoms with E-state index < -0.39 is 11.6 Å². The molecule has 0 bridgehead atoms. The summed E-state index contributed by atoms with van der Waals surface area (Å²) in [5, 5.41) is 15.2. The summed E-state index contributed by atoms with van der Waals surface area (Å²) in [4.78, 5) is 22.9. The van der Waals surface area contributed by atoms with Crippen LogP contribution in [0.1, 0.15) is 42.3 Å². The maximum absolute atomic E-state index is 11.6. The van der Waals surface area contributed by atoms with Gasteiger partial charge in [0.05, 0.1) is 12.1 Å². The lowest BCUT2D eigenvalue weighted by atomic mass is 10.0. The molecule has 6 nitrogen and oxygen atoms in total. The van der Waals surface area contributed by atoms with Crippen molar-refractivity contribution in [2.75, 3.05) is 18.9 Å². The minimum Gasteiger partial charge on any atom is -0.478 e. The van der Waals surface area contributed by atoms with Crippen LogP contribution in [0.3, 0.4) is 0 Å². The lowest BCUT2D eigenvalue weighted by molar-refractivity contribution is -0.153. The number of esters is 1. The maximum Gasteiger partial charge on any atom is 0.336 e. The molecule has 1 rings (SSSR count). The molecule has 122 valence electrons. The fourth-order valence-corrected chi connectivity index (χ4v) is 2.04. The number of carboxylic acids is 1. The Labute approximate surface area is 130 Å². The number of carbonyl (C=O) groups is 2. The highest BCUT2D eigenvalue weighted by Crippen LogP contribution is 2.21. The predicted molar refractivity (Wildman–Crippen MR) is 85.2 cm³/mol. The van der Waals surface area contributed by atoms with Crippen molar-refractivity contribution in [3.8, 4) is 0 Å². The van der Waals surface area contributed by atoms with Gasteiger partial charge in [-0.2, -0.15) is 0 Å². The zero-order chi connectivity index (χ0) is 16.9. The predicted octanol–water partition coefficient (Wildman–Crippen LogP) is 2.17. The van der Waals surface area contributed by atoms with Gasteiger partial charge in [-0.3, -0.25) is 4.79 Å². The van der Waals surface area contributed by atoms with Gasteiger partial charge < -0.3 is 20.5 Å². The Morgan fingerprint density at radius 2 is 1.91 bits per heavy atom. The molecule has 0 aromatic heterocycles. The van der Waals surface area contributed by atoms with Crippen LogP contribution in [-0.4, -0.2) is 36.2 Å². The van der Waals surface area contributed by atoms with Gasteiger partial charge in [-0.05, 0) is 51.0 Å². The van der Waals surface area contributed by atoms with Gasteiger partial charge in [0.15, 0.2) is 0 Å². The third-order valence-electron chi connectivity index (χ3n) is 2.99. The number of nitrogens with one attached hydrogen (secondary N) is 2. The van der Waals surface area contributed by atoms with Crippen molar-refractivity contribution in [2.24, 2.45) is 0 Å². The summed E-state index contributed by atoms with van der Waals surface area (Å²) in [6, 6.07) is 3.48. The van der Waals surface area contributed by atoms with Crippen LogP contribution in [-0.2, 0) is 16.1 Å². The van der Waals surface area contributed by atoms with Crippen LogP contribution in [0.25, 0.3) is 0 Å². The number of carbonyl (C=O) groups excluding carboxylic acids is 1. The number of benzene rings is 1. The Kier molecular flexibility index (Phi) is 5.93. The first-order chi connectivity index (χ1) is 10.1. The van der Waals surface area contributed by atoms with Crippen LogP contribution in [0.4, 0.5) is 5.69 Å². The van der Waals surface area contributed by atoms with Crippen molar-refractivity contribution in [3.63, 3.8) is 0 Å². The third kappa shape index (κ3) is 5.37. The number of anilines is 1. The van der Waals surface area contributed by atoms with E-state index in [1.807, 2.05) is 26.8 Å². The van der Waals surface area contributed by atoms with E-state index >= 15 is 0 Å². The van der Waals surface area contributed by atoms with Crippen molar-refractivity contribution in [2.45, 2.75) is 39.8 Å². The van der Waals surface area contributed by atoms with Gasteiger partial charge in [-0.1, -0.05) is 0 Å². The van der Waals surface area contributed by atoms with E-state index in [0.717, 1.165) is 11.3 Å². The molecule has 6 heteroatoms. The molecule has 3 N–H and O–H groups in total. The minimum atomic E-state index is -0.969. The maximum atomic E-state index is 11.6. The summed E-state index contributed by atoms with van der Waals surface area (Å²) in [6.07, 6.45) is 0. The standard InChI is InChI=1S/C16H24N2O4/c1-10-12(15(20)21)6-11(7-13(10)17-5)8-18-9-14(19)22-16(2,3)4/h6-7,17-18H,8-9H2,1-5H3,(H,20,21). The largest absolute Gasteiger partial charge is 0.478 e. The monoisotopic (exact) mass is 308 g/mol. The highest BCUT2D eigenvalue weighted by atomic mass is 16.6. The Morgan fingerprint density at radius 1 is 1.27 bits per heavy atom. The lowest BCUT2D eigenvalue weighted by Gasteiger charge is -2.19. The quantitative estimate of drug-likeness (QED) is 0.698. The molecule has 0 atom stereocenters. The molecule has 0 unspecified atom stereocenters. The van der Waals surface area contributed by atoms with Gasteiger partial charge in [0, 0.05) is 19.3 Å². The number of aromatic carboxylic acids is 1. The summed E-state index contributed by atoms with van der Waals surface area (Å²) in [7, 11) is 1.74. The molecule has 0 radical (unpaired) electrons. The van der Waals surface area contributed by atoms with Crippen LogP contribution in [0.15, 0.2) is 12.1 Å². The summed E-state index contributed by atoms with van der Waals surface area (Å²) in [5.74, 6) is -1.31. The molecule has 1 aromatic carbocycles. The number of hydrogen-bond acceptors (Lipinski definition) is 5. The van der Waals surface area contributed by atoms with Crippen LogP contribution >= 0.6 is 0 Å². The van der Waals surface area contributed by atoms with Crippen LogP contribution < -0.4 is 10.6 Å². The van der Waals surface area contributed by atoms with E-state index in [1.165, 1.54) is 0 Å². The fourth-order valence-electron chi connectivity index (χ4n) is 2.04. The molecule has 0 fully saturated rings. The first kappa shape index (κ1) is 18.0. The van der Waals surface area contributed by atoms with E-state index in [9.17, 15) is 14.7 Å². The zero-order valence-electron chi connectivity index (χ0n) is 13.7. The Balaban J connectivity index is 2.72. The summed E-state index contributed by atoms with van der Waals surface area (Å²) < 4.78 is 5.19. The van der Waals surface area contributed by atoms with E-state index in [-0.39, 0.29) is 18.1 Å². The first-order valence-corrected chi connectivity index (χ1v) is 7.11. The smallest absolute Gasteiger partial charge is 0.336 e. The Hall–Kier alpha value is -2.08. The molecule has 1 aromatic rings. The SMILES string of the molecule is CNc1cc(CNCC(=O)OC(C)(C)C)cc(C(=O)O)c1C. The Morgan fingerprint density at radius 3 is 2.41 bits per heavy atom. The molecule has 0 aliphatic rings. The van der Waals surface area contributed by atoms with Crippen molar-refractivity contribution < 1.29 is 19.4 Å². The molecular formula is C16H24N2O4. The van der Waals surface area contributed by atoms with Crippen molar-refractivity contribution in [1.29, 1.82) is 0 Å². The second-order valence-corrected chi connectivity index (χ2v) is 6.06. The molecule has 0 spiro atoms. The highest BCUT2D eigenvalue weighted by Gasteiger charge is 2.16. The summed E-state index contributed by atoms with van der Waals surface area (Å²) in [5.41, 5.74) is 1.97. The second-order valence-electron chi connectivity index (χ2n) is 6.06. The van der Waals surface area contributed by atoms with Crippen molar-refractivity contribution in [3.05, 3.63) is 28.8 Å². The van der Waals surface area contributed by atoms with Gasteiger partial charge in [0.1, 0.15) is 5.60 Å². The number of ether oxygens (including phenoxy) is 1. The number of hydrogen-bond donors (Lipinski definition) is 3. The molecule has 22 heavy (non-hydrogen) atoms. The average Bonchev–Trinajstić information content (AvgIpc) is 2.37. The average molecular weight is 308 g/mol. The normalized spacial score (nSPS) is 11.1. The molecule has 0 saturated heterocycles. The van der Waals surface area contributed by atoms with Crippen molar-refractivity contribution in [1.82, 2.24) is 5.32 Å². The summed E-state index contributed by atoms with van der Waals surface area (Å²) >= 11 is 0. The van der Waals surface area contributed by atoms with Gasteiger partial charge in [0.2, 0.25) is 0 Å². The van der Waals surface area contributed by atoms with Crippen LogP contribution in [0.5, 0.6) is 0 Å². The van der Waals surface area contributed by atoms with Gasteiger partial charge in [-0.15, -0.1) is 0 Å². The number of carboxylic acid groups (broad SMARTS) is 1. The molecule has 0 aliphatic heterocycles. The van der Waals surface area contributed by atoms with E-state index in [1.54, 1.807) is 20.0 Å². The second kappa shape index (κ2) is 7.26. The number of rotatable bonds is 6. The summed E-state index contributed by atoms with van der Waals surface area (Å²) in [6.45, 7) is 7.64. The van der Waals surface area contributed by atoms with E-state index in [4.69, 9.17) is 4.74 Å². The van der Waals surface area contributed by atoms with E-state index in [2.05, 4.69) is 10.6 Å². The topological polar surface area (TPSA) is 87.7 Å². The highest BCUT2D eigenvalue weighted by molar-refractivity contribution is 5.91. The Bertz CT molecular complexity index is 562. The van der Waals surface area contributed by atoms with Crippen molar-refractivity contribution >= 4 is 17.6 Å². The molecule has 0 heterocycles. The van der Waals surface area contributed by atoms with Crippen LogP contribution in [0, 0.1) is 6.92 Å². The third-order valence-corrected chi connectivity index (χ3v) is 2.99. The fraction of sp³-hybridized carbons (Fsp3) is 0.500. The lowest BCUT2D eigenvalue weighted by Crippen LogP contribution is -2.31. The van der Waals surface area contributed by atoms with Gasteiger partial charge >= 0.3 is 11.9 Å². The van der Waals surface area contributed by atoms with Gasteiger partial charge in [0.25, 0.3) is 0 Å². The zero-order valence-corrected chi connectivity index (χ0v) is 13.7. The molecule has 0 aliphatic carbocycles. The molecule has 0 saturated carbocycles. The minimum absolute atomic E-state index is 0.0719. The molecular weight excluding hydrogens is 284 g/mol. The van der Waals surface area contributed by atoms with E-state index in [0.29, 0.717) is 12.1 Å². The first-order valence-electron chi connectivity index (χ1n) is 7.11.